The molecule has 0 aliphatic carbocycles. The number of hydrogen-bond donors (Lipinski definition) is 1. The summed E-state index contributed by atoms with van der Waals surface area (Å²) in [4.78, 5) is 39.1. The minimum absolute atomic E-state index is 0.182. The Balaban J connectivity index is 1.63. The zero-order valence-corrected chi connectivity index (χ0v) is 16.9. The molecular formula is C21H18F3N5O3. The number of hydrogen-bond acceptors (Lipinski definition) is 5. The van der Waals surface area contributed by atoms with Gasteiger partial charge in [-0.15, -0.1) is 5.10 Å². The van der Waals surface area contributed by atoms with Crippen LogP contribution in [0, 0.1) is 6.92 Å². The van der Waals surface area contributed by atoms with Gasteiger partial charge in [0.15, 0.2) is 0 Å². The third-order valence-corrected chi connectivity index (χ3v) is 5.05. The Morgan fingerprint density at radius 2 is 1.72 bits per heavy atom. The van der Waals surface area contributed by atoms with Crippen molar-refractivity contribution in [1.29, 1.82) is 0 Å². The number of nitrogens with one attached hydrogen (secondary N) is 1. The van der Waals surface area contributed by atoms with Crippen molar-refractivity contribution in [2.75, 3.05) is 16.8 Å². The number of halogens is 3. The van der Waals surface area contributed by atoms with Gasteiger partial charge in [-0.2, -0.15) is 13.2 Å². The summed E-state index contributed by atoms with van der Waals surface area (Å²) in [5, 5.41) is 6.30. The van der Waals surface area contributed by atoms with Gasteiger partial charge in [-0.25, -0.2) is 4.68 Å². The topological polar surface area (TPSA) is 89.2 Å². The fourth-order valence-electron chi connectivity index (χ4n) is 3.47. The number of amides is 1. The summed E-state index contributed by atoms with van der Waals surface area (Å²) in [5.41, 5.74) is -1.56. The van der Waals surface area contributed by atoms with E-state index in [1.54, 1.807) is 4.90 Å². The van der Waals surface area contributed by atoms with E-state index in [0.717, 1.165) is 23.4 Å². The summed E-state index contributed by atoms with van der Waals surface area (Å²) in [7, 11) is 0. The third kappa shape index (κ3) is 4.01. The fourth-order valence-corrected chi connectivity index (χ4v) is 3.47. The predicted molar refractivity (Wildman–Crippen MR) is 111 cm³/mol. The van der Waals surface area contributed by atoms with Crippen LogP contribution in [0.1, 0.15) is 11.1 Å². The minimum Gasteiger partial charge on any atom is -0.324 e. The number of benzene rings is 2. The number of carbonyl (C=O) groups is 1. The number of aryl methyl sites for hydroxylation is 1. The van der Waals surface area contributed by atoms with Crippen LogP contribution >= 0.6 is 0 Å². The van der Waals surface area contributed by atoms with Crippen molar-refractivity contribution >= 4 is 23.2 Å². The SMILES string of the molecule is Cc1ccc(N2CCn3c2nn(CC(=O)Nc2ccccc2C(F)(F)F)c(=O)c3=O)cc1. The van der Waals surface area contributed by atoms with Crippen LogP contribution in [0.3, 0.4) is 0 Å². The van der Waals surface area contributed by atoms with E-state index in [9.17, 15) is 27.6 Å². The molecule has 2 heterocycles. The van der Waals surface area contributed by atoms with Gasteiger partial charge in [0.1, 0.15) is 6.54 Å². The number of carbonyl (C=O) groups excluding carboxylic acids is 1. The molecule has 0 atom stereocenters. The molecular weight excluding hydrogens is 427 g/mol. The molecule has 0 saturated carbocycles. The van der Waals surface area contributed by atoms with E-state index in [0.29, 0.717) is 11.2 Å². The van der Waals surface area contributed by atoms with Crippen molar-refractivity contribution in [2.24, 2.45) is 0 Å². The highest BCUT2D eigenvalue weighted by molar-refractivity contribution is 5.91. The van der Waals surface area contributed by atoms with Crippen molar-refractivity contribution in [1.82, 2.24) is 14.3 Å². The van der Waals surface area contributed by atoms with Crippen LogP contribution in [0.4, 0.5) is 30.5 Å². The first-order valence-corrected chi connectivity index (χ1v) is 9.67. The summed E-state index contributed by atoms with van der Waals surface area (Å²) >= 11 is 0. The predicted octanol–water partition coefficient (Wildman–Crippen LogP) is 2.52. The number of anilines is 3. The first-order chi connectivity index (χ1) is 15.1. The molecule has 1 aliphatic rings. The molecule has 8 nitrogen and oxygen atoms in total. The number of rotatable bonds is 4. The van der Waals surface area contributed by atoms with Crippen LogP contribution in [0.15, 0.2) is 58.1 Å². The van der Waals surface area contributed by atoms with E-state index in [1.165, 1.54) is 16.7 Å². The van der Waals surface area contributed by atoms with Crippen molar-refractivity contribution in [3.05, 3.63) is 80.4 Å². The van der Waals surface area contributed by atoms with Crippen LogP contribution in [0.5, 0.6) is 0 Å². The standard InChI is InChI=1S/C21H18F3N5O3/c1-13-6-8-14(9-7-13)27-10-11-28-18(31)19(32)29(26-20(27)28)12-17(30)25-16-5-3-2-4-15(16)21(22,23)24/h2-9H,10-12H2,1H3,(H,25,30). The number of fused-ring (bicyclic) bond motifs is 1. The molecule has 0 saturated heterocycles. The molecule has 1 aliphatic heterocycles. The molecule has 0 radical (unpaired) electrons. The lowest BCUT2D eigenvalue weighted by atomic mass is 10.1. The van der Waals surface area contributed by atoms with Crippen molar-refractivity contribution in [3.8, 4) is 0 Å². The minimum atomic E-state index is -4.67. The smallest absolute Gasteiger partial charge is 0.324 e. The van der Waals surface area contributed by atoms with E-state index >= 15 is 0 Å². The average Bonchev–Trinajstić information content (AvgIpc) is 3.16. The lowest BCUT2D eigenvalue weighted by Gasteiger charge is -2.18. The van der Waals surface area contributed by atoms with Gasteiger partial charge in [-0.3, -0.25) is 19.0 Å². The van der Waals surface area contributed by atoms with Gasteiger partial charge >= 0.3 is 17.3 Å². The molecule has 2 aromatic carbocycles. The number of nitrogens with zero attached hydrogens (tertiary/aromatic N) is 4. The van der Waals surface area contributed by atoms with Crippen molar-refractivity contribution < 1.29 is 18.0 Å². The van der Waals surface area contributed by atoms with Crippen LogP contribution in [0.2, 0.25) is 0 Å². The molecule has 11 heteroatoms. The second kappa shape index (κ2) is 7.98. The Kier molecular flexibility index (Phi) is 5.33. The molecule has 0 unspecified atom stereocenters. The molecule has 1 N–H and O–H groups in total. The first kappa shape index (κ1) is 21.3. The van der Waals surface area contributed by atoms with Gasteiger partial charge < -0.3 is 10.2 Å². The Hall–Kier alpha value is -3.89. The second-order valence-corrected chi connectivity index (χ2v) is 7.30. The van der Waals surface area contributed by atoms with Crippen LogP contribution in [-0.2, 0) is 24.1 Å². The van der Waals surface area contributed by atoms with Crippen molar-refractivity contribution in [3.63, 3.8) is 0 Å². The molecule has 166 valence electrons. The zero-order chi connectivity index (χ0) is 23.0. The van der Waals surface area contributed by atoms with Gasteiger partial charge in [-0.1, -0.05) is 29.8 Å². The van der Waals surface area contributed by atoms with Gasteiger partial charge in [0.25, 0.3) is 0 Å². The Labute approximate surface area is 179 Å². The van der Waals surface area contributed by atoms with E-state index in [2.05, 4.69) is 10.4 Å². The monoisotopic (exact) mass is 445 g/mol. The second-order valence-electron chi connectivity index (χ2n) is 7.30. The summed E-state index contributed by atoms with van der Waals surface area (Å²) in [5.74, 6) is -0.734. The molecule has 32 heavy (non-hydrogen) atoms. The zero-order valence-electron chi connectivity index (χ0n) is 16.9. The van der Waals surface area contributed by atoms with Crippen LogP contribution in [0.25, 0.3) is 0 Å². The fraction of sp³-hybridized carbons (Fsp3) is 0.238. The average molecular weight is 445 g/mol. The largest absolute Gasteiger partial charge is 0.418 e. The maximum atomic E-state index is 13.2. The van der Waals surface area contributed by atoms with E-state index < -0.39 is 41.0 Å². The highest BCUT2D eigenvalue weighted by Crippen LogP contribution is 2.34. The molecule has 0 fully saturated rings. The highest BCUT2D eigenvalue weighted by Gasteiger charge is 2.33. The summed E-state index contributed by atoms with van der Waals surface area (Å²) in [6, 6.07) is 11.9. The molecule has 1 amide bonds. The number of aromatic nitrogens is 3. The Morgan fingerprint density at radius 1 is 1.03 bits per heavy atom. The van der Waals surface area contributed by atoms with Gasteiger partial charge in [0.05, 0.1) is 11.3 Å². The van der Waals surface area contributed by atoms with E-state index in [4.69, 9.17) is 0 Å². The highest BCUT2D eigenvalue weighted by atomic mass is 19.4. The van der Waals surface area contributed by atoms with Crippen molar-refractivity contribution in [2.45, 2.75) is 26.2 Å². The van der Waals surface area contributed by atoms with E-state index in [-0.39, 0.29) is 12.5 Å². The van der Waals surface area contributed by atoms with E-state index in [1.807, 2.05) is 31.2 Å². The van der Waals surface area contributed by atoms with Crippen LogP contribution < -0.4 is 21.3 Å². The molecule has 3 aromatic rings. The van der Waals surface area contributed by atoms with Gasteiger partial charge in [-0.05, 0) is 31.2 Å². The van der Waals surface area contributed by atoms with Gasteiger partial charge in [0.2, 0.25) is 11.9 Å². The lowest BCUT2D eigenvalue weighted by molar-refractivity contribution is -0.137. The third-order valence-electron chi connectivity index (χ3n) is 5.05. The maximum absolute atomic E-state index is 13.2. The molecule has 4 rings (SSSR count). The maximum Gasteiger partial charge on any atom is 0.418 e. The summed E-state index contributed by atoms with van der Waals surface area (Å²) in [6.45, 7) is 1.86. The molecule has 0 spiro atoms. The molecule has 1 aromatic heterocycles. The van der Waals surface area contributed by atoms with Crippen LogP contribution in [-0.4, -0.2) is 26.8 Å². The molecule has 0 bridgehead atoms. The summed E-state index contributed by atoms with van der Waals surface area (Å²) < 4.78 is 41.4. The number of alkyl halides is 3. The first-order valence-electron chi connectivity index (χ1n) is 9.67. The summed E-state index contributed by atoms with van der Waals surface area (Å²) in [6.07, 6.45) is -4.67. The lowest BCUT2D eigenvalue weighted by Crippen LogP contribution is -2.44. The number of para-hydroxylation sites is 1. The Morgan fingerprint density at radius 3 is 2.41 bits per heavy atom. The van der Waals surface area contributed by atoms with Gasteiger partial charge in [0, 0.05) is 18.8 Å². The Bertz CT molecular complexity index is 1300. The quantitative estimate of drug-likeness (QED) is 0.624. The normalized spacial score (nSPS) is 13.2.